The highest BCUT2D eigenvalue weighted by atomic mass is 35.5. The van der Waals surface area contributed by atoms with Gasteiger partial charge in [-0.15, -0.1) is 0 Å². The van der Waals surface area contributed by atoms with Crippen molar-refractivity contribution in [2.24, 2.45) is 0 Å². The molecule has 80 valence electrons. The van der Waals surface area contributed by atoms with Crippen molar-refractivity contribution in [2.75, 3.05) is 14.1 Å². The number of hydrogen-bond donors (Lipinski definition) is 0. The molecule has 0 aliphatic heterocycles. The van der Waals surface area contributed by atoms with Crippen LogP contribution >= 0.6 is 11.6 Å². The topological polar surface area (TPSA) is 27.0 Å². The molecule has 0 amide bonds. The fourth-order valence-electron chi connectivity index (χ4n) is 1.34. The van der Waals surface area contributed by atoms with Crippen molar-refractivity contribution in [3.63, 3.8) is 0 Å². The second kappa shape index (κ2) is 4.65. The van der Waals surface area contributed by atoms with Crippen LogP contribution in [0.5, 0.6) is 0 Å². The number of hydrogen-bond acceptors (Lipinski definition) is 2. The fourth-order valence-corrected chi connectivity index (χ4v) is 1.55. The maximum absolute atomic E-state index is 9.16. The van der Waals surface area contributed by atoms with Gasteiger partial charge >= 0.3 is 0 Å². The Kier molecular flexibility index (Phi) is 3.73. The minimum Gasteiger partial charge on any atom is -0.292 e. The molecular weight excluding hydrogens is 208 g/mol. The smallest absolute Gasteiger partial charge is 0.109 e. The molecule has 0 radical (unpaired) electrons. The van der Waals surface area contributed by atoms with Gasteiger partial charge in [-0.1, -0.05) is 23.7 Å². The van der Waals surface area contributed by atoms with E-state index in [0.29, 0.717) is 11.4 Å². The van der Waals surface area contributed by atoms with Gasteiger partial charge < -0.3 is 0 Å². The molecule has 1 unspecified atom stereocenters. The Balaban J connectivity index is 2.90. The molecule has 1 aromatic rings. The van der Waals surface area contributed by atoms with Crippen molar-refractivity contribution in [1.82, 2.24) is 4.90 Å². The number of nitrogens with zero attached hydrogens (tertiary/aromatic N) is 2. The molecule has 1 rings (SSSR count). The highest BCUT2D eigenvalue weighted by molar-refractivity contribution is 6.30. The lowest BCUT2D eigenvalue weighted by Gasteiger charge is -2.29. The normalized spacial score (nSPS) is 14.7. The third kappa shape index (κ3) is 2.95. The number of halogens is 1. The second-order valence-corrected chi connectivity index (χ2v) is 4.52. The van der Waals surface area contributed by atoms with E-state index < -0.39 is 5.54 Å². The first-order valence-electron chi connectivity index (χ1n) is 4.81. The first-order chi connectivity index (χ1) is 6.98. The summed E-state index contributed by atoms with van der Waals surface area (Å²) in [7, 11) is 3.82. The highest BCUT2D eigenvalue weighted by Crippen LogP contribution is 2.19. The summed E-state index contributed by atoms with van der Waals surface area (Å²) in [4.78, 5) is 1.92. The Bertz CT molecular complexity index is 381. The molecule has 0 saturated carbocycles. The number of likely N-dealkylation sites (N-methyl/N-ethyl adjacent to an activating group) is 1. The van der Waals surface area contributed by atoms with E-state index in [1.165, 1.54) is 0 Å². The minimum absolute atomic E-state index is 0.481. The summed E-state index contributed by atoms with van der Waals surface area (Å²) in [6.07, 6.45) is 0.678. The molecule has 0 aliphatic carbocycles. The maximum atomic E-state index is 9.16. The standard InChI is InChI=1S/C12H15ClN2/c1-12(9-14,15(2)3)8-10-5-4-6-11(13)7-10/h4-7H,8H2,1-3H3. The van der Waals surface area contributed by atoms with Crippen molar-refractivity contribution in [1.29, 1.82) is 5.26 Å². The molecule has 0 bridgehead atoms. The molecule has 0 saturated heterocycles. The van der Waals surface area contributed by atoms with E-state index in [-0.39, 0.29) is 0 Å². The van der Waals surface area contributed by atoms with Crippen LogP contribution in [0.25, 0.3) is 0 Å². The third-order valence-electron chi connectivity index (χ3n) is 2.67. The van der Waals surface area contributed by atoms with Crippen LogP contribution in [0.2, 0.25) is 5.02 Å². The van der Waals surface area contributed by atoms with Gasteiger partial charge in [0.2, 0.25) is 0 Å². The van der Waals surface area contributed by atoms with Gasteiger partial charge in [-0.3, -0.25) is 4.90 Å². The molecule has 3 heteroatoms. The van der Waals surface area contributed by atoms with Crippen LogP contribution in [0.15, 0.2) is 24.3 Å². The molecule has 0 aromatic heterocycles. The molecule has 1 atom stereocenters. The second-order valence-electron chi connectivity index (χ2n) is 4.09. The summed E-state index contributed by atoms with van der Waals surface area (Å²) in [5, 5.41) is 9.88. The molecule has 1 aromatic carbocycles. The molecule has 0 N–H and O–H groups in total. The van der Waals surface area contributed by atoms with E-state index in [4.69, 9.17) is 16.9 Å². The van der Waals surface area contributed by atoms with Crippen molar-refractivity contribution in [3.8, 4) is 6.07 Å². The first-order valence-corrected chi connectivity index (χ1v) is 5.19. The number of nitriles is 1. The Morgan fingerprint density at radius 1 is 1.47 bits per heavy atom. The zero-order valence-corrected chi connectivity index (χ0v) is 10.0. The van der Waals surface area contributed by atoms with Crippen molar-refractivity contribution >= 4 is 11.6 Å². The van der Waals surface area contributed by atoms with Crippen molar-refractivity contribution in [2.45, 2.75) is 18.9 Å². The van der Waals surface area contributed by atoms with Crippen LogP contribution in [0, 0.1) is 11.3 Å². The molecule has 0 spiro atoms. The largest absolute Gasteiger partial charge is 0.292 e. The predicted octanol–water partition coefficient (Wildman–Crippen LogP) is 2.73. The van der Waals surface area contributed by atoms with Gasteiger partial charge in [-0.2, -0.15) is 5.26 Å². The van der Waals surface area contributed by atoms with E-state index in [1.54, 1.807) is 0 Å². The van der Waals surface area contributed by atoms with E-state index in [1.807, 2.05) is 50.2 Å². The summed E-state index contributed by atoms with van der Waals surface area (Å²) in [5.41, 5.74) is 0.602. The maximum Gasteiger partial charge on any atom is 0.109 e. The highest BCUT2D eigenvalue weighted by Gasteiger charge is 2.26. The molecule has 2 nitrogen and oxygen atoms in total. The average Bonchev–Trinajstić information content (AvgIpc) is 2.17. The Morgan fingerprint density at radius 3 is 2.60 bits per heavy atom. The van der Waals surface area contributed by atoms with E-state index >= 15 is 0 Å². The summed E-state index contributed by atoms with van der Waals surface area (Å²) in [5.74, 6) is 0. The lowest BCUT2D eigenvalue weighted by atomic mass is 9.93. The van der Waals surface area contributed by atoms with Gasteiger partial charge in [-0.25, -0.2) is 0 Å². The Hall–Kier alpha value is -1.04. The minimum atomic E-state index is -0.481. The Morgan fingerprint density at radius 2 is 2.13 bits per heavy atom. The van der Waals surface area contributed by atoms with Gasteiger partial charge in [0.15, 0.2) is 0 Å². The van der Waals surface area contributed by atoms with Crippen molar-refractivity contribution in [3.05, 3.63) is 34.9 Å². The zero-order chi connectivity index (χ0) is 11.5. The van der Waals surface area contributed by atoms with Crippen LogP contribution in [-0.4, -0.2) is 24.5 Å². The lowest BCUT2D eigenvalue weighted by Crippen LogP contribution is -2.41. The van der Waals surface area contributed by atoms with Gasteiger partial charge in [0.25, 0.3) is 0 Å². The average molecular weight is 223 g/mol. The van der Waals surface area contributed by atoms with Crippen molar-refractivity contribution < 1.29 is 0 Å². The molecule has 0 fully saturated rings. The molecular formula is C12H15ClN2. The molecule has 15 heavy (non-hydrogen) atoms. The molecule has 0 aliphatic rings. The SMILES string of the molecule is CN(C)C(C)(C#N)Cc1cccc(Cl)c1. The lowest BCUT2D eigenvalue weighted by molar-refractivity contribution is 0.237. The predicted molar refractivity (Wildman–Crippen MR) is 62.9 cm³/mol. The zero-order valence-electron chi connectivity index (χ0n) is 9.29. The van der Waals surface area contributed by atoms with E-state index in [0.717, 1.165) is 5.56 Å². The van der Waals surface area contributed by atoms with E-state index in [9.17, 15) is 0 Å². The Labute approximate surface area is 96.1 Å². The number of benzene rings is 1. The summed E-state index contributed by atoms with van der Waals surface area (Å²) in [6.45, 7) is 1.92. The van der Waals surface area contributed by atoms with Crippen LogP contribution in [-0.2, 0) is 6.42 Å². The summed E-state index contributed by atoms with van der Waals surface area (Å²) in [6, 6.07) is 9.97. The van der Waals surface area contributed by atoms with Crippen LogP contribution in [0.1, 0.15) is 12.5 Å². The summed E-state index contributed by atoms with van der Waals surface area (Å²) >= 11 is 5.90. The van der Waals surface area contributed by atoms with Crippen LogP contribution in [0.3, 0.4) is 0 Å². The van der Waals surface area contributed by atoms with Gasteiger partial charge in [0, 0.05) is 11.4 Å². The van der Waals surface area contributed by atoms with E-state index in [2.05, 4.69) is 6.07 Å². The summed E-state index contributed by atoms with van der Waals surface area (Å²) < 4.78 is 0. The fraction of sp³-hybridized carbons (Fsp3) is 0.417. The third-order valence-corrected chi connectivity index (χ3v) is 2.90. The van der Waals surface area contributed by atoms with Crippen LogP contribution < -0.4 is 0 Å². The first kappa shape index (κ1) is 12.0. The van der Waals surface area contributed by atoms with Crippen LogP contribution in [0.4, 0.5) is 0 Å². The number of rotatable bonds is 3. The molecule has 0 heterocycles. The van der Waals surface area contributed by atoms with Gasteiger partial charge in [-0.05, 0) is 38.7 Å². The quantitative estimate of drug-likeness (QED) is 0.787. The van der Waals surface area contributed by atoms with Gasteiger partial charge in [0.05, 0.1) is 6.07 Å². The van der Waals surface area contributed by atoms with Gasteiger partial charge in [0.1, 0.15) is 5.54 Å². The monoisotopic (exact) mass is 222 g/mol.